The van der Waals surface area contributed by atoms with Gasteiger partial charge in [0.15, 0.2) is 5.79 Å². The van der Waals surface area contributed by atoms with Crippen molar-refractivity contribution in [2.75, 3.05) is 52.8 Å². The summed E-state index contributed by atoms with van der Waals surface area (Å²) in [6, 6.07) is 1.18. The molecule has 5 rings (SSSR count). The predicted molar refractivity (Wildman–Crippen MR) is 124 cm³/mol. The van der Waals surface area contributed by atoms with E-state index in [9.17, 15) is 0 Å². The summed E-state index contributed by atoms with van der Waals surface area (Å²) in [5, 5.41) is 0. The maximum atomic E-state index is 6.24. The second kappa shape index (κ2) is 9.43. The molecule has 0 N–H and O–H groups in total. The Labute approximate surface area is 195 Å². The lowest BCUT2D eigenvalue weighted by atomic mass is 9.68. The number of ether oxygens (including phenoxy) is 4. The summed E-state index contributed by atoms with van der Waals surface area (Å²) in [5.74, 6) is 2.75. The zero-order chi connectivity index (χ0) is 22.3. The molecule has 4 aliphatic heterocycles. The Morgan fingerprint density at radius 1 is 0.875 bits per heavy atom. The second-order valence-corrected chi connectivity index (χ2v) is 12.0. The van der Waals surface area contributed by atoms with Gasteiger partial charge >= 0.3 is 0 Å². The molecule has 4 saturated heterocycles. The van der Waals surface area contributed by atoms with E-state index in [-0.39, 0.29) is 11.4 Å². The molecule has 32 heavy (non-hydrogen) atoms. The molecule has 2 spiro atoms. The van der Waals surface area contributed by atoms with Crippen LogP contribution in [0.15, 0.2) is 0 Å². The van der Waals surface area contributed by atoms with Crippen LogP contribution in [0.25, 0.3) is 0 Å². The van der Waals surface area contributed by atoms with Gasteiger partial charge in [-0.15, -0.1) is 0 Å². The van der Waals surface area contributed by atoms with E-state index in [4.69, 9.17) is 18.9 Å². The van der Waals surface area contributed by atoms with Crippen molar-refractivity contribution in [3.8, 4) is 0 Å². The van der Waals surface area contributed by atoms with Crippen molar-refractivity contribution in [1.29, 1.82) is 0 Å². The summed E-state index contributed by atoms with van der Waals surface area (Å²) in [4.78, 5) is 5.12. The van der Waals surface area contributed by atoms with Gasteiger partial charge in [-0.2, -0.15) is 0 Å². The number of rotatable bonds is 7. The minimum Gasteiger partial charge on any atom is -0.372 e. The quantitative estimate of drug-likeness (QED) is 0.589. The summed E-state index contributed by atoms with van der Waals surface area (Å²) >= 11 is 0. The lowest BCUT2D eigenvalue weighted by Gasteiger charge is -2.62. The van der Waals surface area contributed by atoms with Crippen molar-refractivity contribution < 1.29 is 18.9 Å². The van der Waals surface area contributed by atoms with Crippen molar-refractivity contribution in [3.05, 3.63) is 0 Å². The van der Waals surface area contributed by atoms with E-state index in [0.29, 0.717) is 18.0 Å². The fraction of sp³-hybridized carbons (Fsp3) is 1.00. The number of hydrogen-bond acceptors (Lipinski definition) is 6. The van der Waals surface area contributed by atoms with E-state index < -0.39 is 0 Å². The lowest BCUT2D eigenvalue weighted by molar-refractivity contribution is -0.278. The monoisotopic (exact) mass is 450 g/mol. The smallest absolute Gasteiger partial charge is 0.168 e. The van der Waals surface area contributed by atoms with Crippen LogP contribution in [0, 0.1) is 23.7 Å². The summed E-state index contributed by atoms with van der Waals surface area (Å²) in [5.41, 5.74) is 0.156. The molecular formula is C26H46N2O4. The molecule has 5 aliphatic rings. The first kappa shape index (κ1) is 23.5. The molecule has 184 valence electrons. The van der Waals surface area contributed by atoms with Gasteiger partial charge < -0.3 is 18.9 Å². The van der Waals surface area contributed by atoms with Crippen molar-refractivity contribution >= 4 is 0 Å². The van der Waals surface area contributed by atoms with Crippen LogP contribution < -0.4 is 0 Å². The van der Waals surface area contributed by atoms with E-state index >= 15 is 0 Å². The minimum absolute atomic E-state index is 0.156. The Balaban J connectivity index is 1.05. The van der Waals surface area contributed by atoms with Crippen LogP contribution in [0.1, 0.15) is 66.2 Å². The third-order valence-corrected chi connectivity index (χ3v) is 9.46. The van der Waals surface area contributed by atoms with Crippen LogP contribution in [0.2, 0.25) is 0 Å². The first-order valence-electron chi connectivity index (χ1n) is 13.4. The number of nitrogens with zero attached hydrogens (tertiary/aromatic N) is 2. The van der Waals surface area contributed by atoms with E-state index in [1.807, 2.05) is 0 Å². The summed E-state index contributed by atoms with van der Waals surface area (Å²) in [6.45, 7) is 17.1. The summed E-state index contributed by atoms with van der Waals surface area (Å²) < 4.78 is 24.0. The van der Waals surface area contributed by atoms with Gasteiger partial charge in [0.1, 0.15) is 0 Å². The molecule has 6 nitrogen and oxygen atoms in total. The maximum Gasteiger partial charge on any atom is 0.168 e. The van der Waals surface area contributed by atoms with Crippen LogP contribution in [0.5, 0.6) is 0 Å². The summed E-state index contributed by atoms with van der Waals surface area (Å²) in [6.07, 6.45) is 7.22. The average molecular weight is 451 g/mol. The Morgan fingerprint density at radius 2 is 1.59 bits per heavy atom. The third-order valence-electron chi connectivity index (χ3n) is 9.46. The molecule has 0 radical (unpaired) electrons. The maximum absolute atomic E-state index is 6.24. The standard InChI is InChI=1S/C26H46N2O4/c1-19(2)27-13-22(14-29-18-27)12-21(4)28-16-25(17-28)24(15-32-25)11-20(3)23-5-7-26(8-6-23)30-9-10-31-26/h19-24H,5-18H2,1-4H3. The van der Waals surface area contributed by atoms with Crippen LogP contribution >= 0.6 is 0 Å². The molecule has 4 unspecified atom stereocenters. The Hall–Kier alpha value is -0.240. The van der Waals surface area contributed by atoms with Gasteiger partial charge in [-0.05, 0) is 64.2 Å². The molecule has 1 aliphatic carbocycles. The SMILES string of the molecule is CC(CC1COC12CN(C(C)CC1COCN(C(C)C)C1)C2)C1CCC2(CC1)OCCO2. The van der Waals surface area contributed by atoms with Gasteiger partial charge in [-0.25, -0.2) is 0 Å². The fourth-order valence-electron chi connectivity index (χ4n) is 7.01. The third kappa shape index (κ3) is 4.65. The molecule has 6 heteroatoms. The largest absolute Gasteiger partial charge is 0.372 e. The first-order chi connectivity index (χ1) is 15.4. The highest BCUT2D eigenvalue weighted by Gasteiger charge is 2.57. The Morgan fingerprint density at radius 3 is 2.22 bits per heavy atom. The van der Waals surface area contributed by atoms with E-state index in [1.54, 1.807) is 0 Å². The van der Waals surface area contributed by atoms with Gasteiger partial charge in [-0.3, -0.25) is 9.80 Å². The first-order valence-corrected chi connectivity index (χ1v) is 13.4. The fourth-order valence-corrected chi connectivity index (χ4v) is 7.01. The van der Waals surface area contributed by atoms with E-state index in [1.165, 1.54) is 32.2 Å². The van der Waals surface area contributed by atoms with Crippen molar-refractivity contribution in [2.45, 2.75) is 89.7 Å². The van der Waals surface area contributed by atoms with Crippen LogP contribution in [0.3, 0.4) is 0 Å². The van der Waals surface area contributed by atoms with E-state index in [2.05, 4.69) is 37.5 Å². The molecule has 0 amide bonds. The Bertz CT molecular complexity index is 621. The molecule has 0 bridgehead atoms. The zero-order valence-electron chi connectivity index (χ0n) is 20.9. The van der Waals surface area contributed by atoms with Crippen LogP contribution in [-0.2, 0) is 18.9 Å². The van der Waals surface area contributed by atoms with Gasteiger partial charge in [0, 0.05) is 50.5 Å². The van der Waals surface area contributed by atoms with Gasteiger partial charge in [0.05, 0.1) is 38.8 Å². The van der Waals surface area contributed by atoms with Crippen LogP contribution in [0.4, 0.5) is 0 Å². The second-order valence-electron chi connectivity index (χ2n) is 12.0. The molecule has 4 atom stereocenters. The van der Waals surface area contributed by atoms with Crippen molar-refractivity contribution in [1.82, 2.24) is 9.80 Å². The molecule has 0 aromatic heterocycles. The van der Waals surface area contributed by atoms with Crippen LogP contribution in [-0.4, -0.2) is 86.1 Å². The molecule has 1 saturated carbocycles. The topological polar surface area (TPSA) is 43.4 Å². The molecule has 5 fully saturated rings. The van der Waals surface area contributed by atoms with Crippen molar-refractivity contribution in [2.24, 2.45) is 23.7 Å². The Kier molecular flexibility index (Phi) is 6.92. The highest BCUT2D eigenvalue weighted by molar-refractivity contribution is 5.09. The van der Waals surface area contributed by atoms with E-state index in [0.717, 1.165) is 76.8 Å². The minimum atomic E-state index is -0.225. The molecule has 4 heterocycles. The number of hydrogen-bond donors (Lipinski definition) is 0. The molecular weight excluding hydrogens is 404 g/mol. The molecule has 0 aromatic carbocycles. The number of likely N-dealkylation sites (tertiary alicyclic amines) is 1. The predicted octanol–water partition coefficient (Wildman–Crippen LogP) is 3.74. The highest BCUT2D eigenvalue weighted by Crippen LogP contribution is 2.48. The zero-order valence-corrected chi connectivity index (χ0v) is 20.9. The van der Waals surface area contributed by atoms with Gasteiger partial charge in [0.2, 0.25) is 0 Å². The molecule has 0 aromatic rings. The van der Waals surface area contributed by atoms with Gasteiger partial charge in [-0.1, -0.05) is 6.92 Å². The normalized spacial score (nSPS) is 35.2. The van der Waals surface area contributed by atoms with Crippen molar-refractivity contribution in [3.63, 3.8) is 0 Å². The average Bonchev–Trinajstić information content (AvgIpc) is 3.18. The lowest BCUT2D eigenvalue weighted by Crippen LogP contribution is -2.74. The van der Waals surface area contributed by atoms with Gasteiger partial charge in [0.25, 0.3) is 0 Å². The summed E-state index contributed by atoms with van der Waals surface area (Å²) in [7, 11) is 0. The highest BCUT2D eigenvalue weighted by atomic mass is 16.7.